The maximum Gasteiger partial charge on any atom is 0.234 e. The van der Waals surface area contributed by atoms with Crippen molar-refractivity contribution in [3.05, 3.63) is 47.2 Å². The highest BCUT2D eigenvalue weighted by Gasteiger charge is 2.40. The predicted octanol–water partition coefficient (Wildman–Crippen LogP) is 3.94. The number of nitrogens with two attached hydrogens (primary N) is 1. The molecule has 3 atom stereocenters. The van der Waals surface area contributed by atoms with Gasteiger partial charge >= 0.3 is 0 Å². The molecule has 2 aromatic rings. The Hall–Kier alpha value is -3.07. The quantitative estimate of drug-likeness (QED) is 0.544. The molecule has 9 heteroatoms. The zero-order valence-electron chi connectivity index (χ0n) is 22.5. The van der Waals surface area contributed by atoms with Crippen LogP contribution >= 0.6 is 0 Å². The molecule has 3 N–H and O–H groups in total. The molecule has 2 amide bonds. The molecule has 204 valence electrons. The molecule has 8 nitrogen and oxygen atoms in total. The molecule has 5 rings (SSSR count). The fourth-order valence-electron chi connectivity index (χ4n) is 6.69. The highest BCUT2D eigenvalue weighted by Crippen LogP contribution is 2.40. The minimum Gasteiger partial charge on any atom is -0.368 e. The number of carbonyl (C=O) groups is 2. The number of fused-ring (bicyclic) bond motifs is 1. The lowest BCUT2D eigenvalue weighted by atomic mass is 9.76. The van der Waals surface area contributed by atoms with Crippen LogP contribution in [0.25, 0.3) is 0 Å². The number of amides is 2. The average molecular weight is 523 g/mol. The Kier molecular flexibility index (Phi) is 7.93. The van der Waals surface area contributed by atoms with Crippen molar-refractivity contribution in [2.24, 2.45) is 17.6 Å². The van der Waals surface area contributed by atoms with Gasteiger partial charge in [0.05, 0.1) is 17.8 Å². The van der Waals surface area contributed by atoms with Crippen LogP contribution in [0.15, 0.2) is 24.3 Å². The molecule has 1 saturated carbocycles. The van der Waals surface area contributed by atoms with Crippen molar-refractivity contribution in [2.45, 2.75) is 76.8 Å². The number of hydrogen-bond donors (Lipinski definition) is 2. The van der Waals surface area contributed by atoms with E-state index in [1.54, 1.807) is 13.1 Å². The molecule has 1 aromatic carbocycles. The second kappa shape index (κ2) is 11.4. The van der Waals surface area contributed by atoms with Crippen LogP contribution in [0.4, 0.5) is 15.9 Å². The molecule has 0 spiro atoms. The number of halogens is 1. The highest BCUT2D eigenvalue weighted by atomic mass is 19.1. The number of likely N-dealkylation sites (N-methyl/N-ethyl adjacent to an activating group) is 1. The summed E-state index contributed by atoms with van der Waals surface area (Å²) in [6.45, 7) is 3.26. The summed E-state index contributed by atoms with van der Waals surface area (Å²) >= 11 is 0. The van der Waals surface area contributed by atoms with E-state index in [9.17, 15) is 14.0 Å². The van der Waals surface area contributed by atoms with E-state index in [0.29, 0.717) is 18.8 Å². The maximum absolute atomic E-state index is 14.2. The minimum absolute atomic E-state index is 0.104. The zero-order valence-corrected chi connectivity index (χ0v) is 22.5. The van der Waals surface area contributed by atoms with E-state index in [1.165, 1.54) is 12.5 Å². The van der Waals surface area contributed by atoms with Crippen molar-refractivity contribution in [3.8, 4) is 0 Å². The summed E-state index contributed by atoms with van der Waals surface area (Å²) in [6, 6.07) is 6.20. The maximum atomic E-state index is 14.2. The second-order valence-corrected chi connectivity index (χ2v) is 11.0. The predicted molar refractivity (Wildman–Crippen MR) is 144 cm³/mol. The summed E-state index contributed by atoms with van der Waals surface area (Å²) in [7, 11) is 1.73. The molecule has 1 saturated heterocycles. The standard InChI is InChI=1S/C29H39FN6O2/c1-18-33-23(17-27(34-18)35-14-12-20-10-11-21(30)15-26(20)35)25-9-6-13-36(25)29(38)22(16-24(32-2)28(31)37)19-7-4-3-5-8-19/h10-11,15,17,19,22,24-25,32H,3-9,12-14,16H2,1-2H3,(H2,31,37). The molecule has 2 aliphatic heterocycles. The van der Waals surface area contributed by atoms with E-state index in [4.69, 9.17) is 15.7 Å². The Labute approximate surface area is 224 Å². The van der Waals surface area contributed by atoms with E-state index in [0.717, 1.165) is 74.3 Å². The molecule has 3 heterocycles. The first-order valence-corrected chi connectivity index (χ1v) is 14.0. The van der Waals surface area contributed by atoms with Gasteiger partial charge in [0.1, 0.15) is 17.5 Å². The first-order valence-electron chi connectivity index (χ1n) is 14.0. The van der Waals surface area contributed by atoms with Gasteiger partial charge in [-0.25, -0.2) is 14.4 Å². The highest BCUT2D eigenvalue weighted by molar-refractivity contribution is 5.83. The van der Waals surface area contributed by atoms with E-state index >= 15 is 0 Å². The third kappa shape index (κ3) is 5.39. The van der Waals surface area contributed by atoms with Gasteiger partial charge in [-0.2, -0.15) is 0 Å². The van der Waals surface area contributed by atoms with Crippen LogP contribution in [0, 0.1) is 24.6 Å². The minimum atomic E-state index is -0.532. The third-order valence-electron chi connectivity index (χ3n) is 8.66. The molecular weight excluding hydrogens is 483 g/mol. The molecule has 0 radical (unpaired) electrons. The van der Waals surface area contributed by atoms with Crippen molar-refractivity contribution in [2.75, 3.05) is 25.0 Å². The van der Waals surface area contributed by atoms with Gasteiger partial charge in [0.2, 0.25) is 11.8 Å². The number of rotatable bonds is 8. The van der Waals surface area contributed by atoms with Crippen molar-refractivity contribution in [3.63, 3.8) is 0 Å². The Balaban J connectivity index is 1.43. The van der Waals surface area contributed by atoms with E-state index in [1.807, 2.05) is 28.9 Å². The van der Waals surface area contributed by atoms with Gasteiger partial charge in [-0.15, -0.1) is 0 Å². The average Bonchev–Trinajstić information content (AvgIpc) is 3.56. The molecule has 38 heavy (non-hydrogen) atoms. The fraction of sp³-hybridized carbons (Fsp3) is 0.586. The molecule has 3 unspecified atom stereocenters. The van der Waals surface area contributed by atoms with Crippen molar-refractivity contribution in [1.29, 1.82) is 0 Å². The molecule has 0 bridgehead atoms. The van der Waals surface area contributed by atoms with Crippen LogP contribution in [0.3, 0.4) is 0 Å². The van der Waals surface area contributed by atoms with Gasteiger partial charge in [-0.05, 0) is 76.1 Å². The molecule has 2 fully saturated rings. The molecule has 1 aromatic heterocycles. The number of likely N-dealkylation sites (tertiary alicyclic amines) is 1. The topological polar surface area (TPSA) is 104 Å². The fourth-order valence-corrected chi connectivity index (χ4v) is 6.69. The number of hydrogen-bond acceptors (Lipinski definition) is 6. The van der Waals surface area contributed by atoms with Crippen molar-refractivity contribution >= 4 is 23.3 Å². The van der Waals surface area contributed by atoms with Gasteiger partial charge in [0.25, 0.3) is 0 Å². The van der Waals surface area contributed by atoms with Crippen LogP contribution in [-0.2, 0) is 16.0 Å². The lowest BCUT2D eigenvalue weighted by Crippen LogP contribution is -2.46. The van der Waals surface area contributed by atoms with Crippen LogP contribution in [0.1, 0.15) is 74.5 Å². The van der Waals surface area contributed by atoms with Gasteiger partial charge < -0.3 is 20.9 Å². The van der Waals surface area contributed by atoms with Crippen LogP contribution < -0.4 is 16.0 Å². The summed E-state index contributed by atoms with van der Waals surface area (Å²) in [5.41, 5.74) is 8.43. The van der Waals surface area contributed by atoms with Crippen LogP contribution in [0.5, 0.6) is 0 Å². The SMILES string of the molecule is CNC(CC(C(=O)N1CCCC1c1cc(N2CCc3ccc(F)cc32)nc(C)n1)C1CCCCC1)C(N)=O. The second-order valence-electron chi connectivity index (χ2n) is 11.0. The van der Waals surface area contributed by atoms with Crippen LogP contribution in [0.2, 0.25) is 0 Å². The summed E-state index contributed by atoms with van der Waals surface area (Å²) in [5, 5.41) is 3.02. The summed E-state index contributed by atoms with van der Waals surface area (Å²) in [5.74, 6) is 0.796. The van der Waals surface area contributed by atoms with Crippen LogP contribution in [-0.4, -0.2) is 52.9 Å². The Morgan fingerprint density at radius 3 is 2.63 bits per heavy atom. The van der Waals surface area contributed by atoms with E-state index < -0.39 is 11.9 Å². The number of primary amides is 1. The normalized spacial score (nSPS) is 21.4. The Bertz CT molecular complexity index is 1180. The number of aryl methyl sites for hydroxylation is 1. The number of nitrogens with one attached hydrogen (secondary N) is 1. The summed E-state index contributed by atoms with van der Waals surface area (Å²) in [6.07, 6.45) is 8.42. The van der Waals surface area contributed by atoms with Gasteiger partial charge in [0, 0.05) is 30.8 Å². The van der Waals surface area contributed by atoms with Gasteiger partial charge in [0.15, 0.2) is 0 Å². The Morgan fingerprint density at radius 2 is 1.89 bits per heavy atom. The number of carbonyl (C=O) groups excluding carboxylic acids is 2. The van der Waals surface area contributed by atoms with E-state index in [2.05, 4.69) is 5.32 Å². The van der Waals surface area contributed by atoms with Crippen molar-refractivity contribution in [1.82, 2.24) is 20.2 Å². The molecule has 3 aliphatic rings. The van der Waals surface area contributed by atoms with Gasteiger partial charge in [-0.1, -0.05) is 25.3 Å². The number of nitrogens with zero attached hydrogens (tertiary/aromatic N) is 4. The van der Waals surface area contributed by atoms with Gasteiger partial charge in [-0.3, -0.25) is 9.59 Å². The third-order valence-corrected chi connectivity index (χ3v) is 8.66. The lowest BCUT2D eigenvalue weighted by Gasteiger charge is -2.36. The number of aromatic nitrogens is 2. The first-order chi connectivity index (χ1) is 18.4. The summed E-state index contributed by atoms with van der Waals surface area (Å²) < 4.78 is 14.1. The lowest BCUT2D eigenvalue weighted by molar-refractivity contribution is -0.139. The van der Waals surface area contributed by atoms with Crippen molar-refractivity contribution < 1.29 is 14.0 Å². The molecular formula is C29H39FN6O2. The number of benzene rings is 1. The number of anilines is 2. The largest absolute Gasteiger partial charge is 0.368 e. The summed E-state index contributed by atoms with van der Waals surface area (Å²) in [4.78, 5) is 39.8. The monoisotopic (exact) mass is 522 g/mol. The first kappa shape index (κ1) is 26.5. The zero-order chi connectivity index (χ0) is 26.8. The molecule has 1 aliphatic carbocycles. The van der Waals surface area contributed by atoms with E-state index in [-0.39, 0.29) is 29.6 Å². The smallest absolute Gasteiger partial charge is 0.234 e. The Morgan fingerprint density at radius 1 is 1.11 bits per heavy atom.